The van der Waals surface area contributed by atoms with Crippen LogP contribution in [0.2, 0.25) is 0 Å². The van der Waals surface area contributed by atoms with Gasteiger partial charge in [-0.05, 0) is 63.1 Å². The van der Waals surface area contributed by atoms with Crippen molar-refractivity contribution >= 4 is 29.4 Å². The van der Waals surface area contributed by atoms with Crippen LogP contribution in [0.3, 0.4) is 0 Å². The molecule has 2 aromatic carbocycles. The number of imide groups is 1. The van der Waals surface area contributed by atoms with Gasteiger partial charge in [0.2, 0.25) is 5.91 Å². The molecule has 1 atom stereocenters. The number of carbonyl (C=O) groups excluding carboxylic acids is 4. The first kappa shape index (κ1) is 24.6. The maximum atomic E-state index is 13.7. The van der Waals surface area contributed by atoms with Gasteiger partial charge < -0.3 is 9.64 Å². The van der Waals surface area contributed by atoms with E-state index in [1.807, 2.05) is 19.1 Å². The molecule has 0 N–H and O–H groups in total. The van der Waals surface area contributed by atoms with Gasteiger partial charge in [-0.15, -0.1) is 0 Å². The smallest absolute Gasteiger partial charge is 0.338 e. The second-order valence-corrected chi connectivity index (χ2v) is 9.28. The minimum Gasteiger partial charge on any atom is -0.462 e. The lowest BCUT2D eigenvalue weighted by molar-refractivity contribution is -0.123. The second-order valence-electron chi connectivity index (χ2n) is 9.28. The number of hydrogen-bond donors (Lipinski definition) is 0. The lowest BCUT2D eigenvalue weighted by atomic mass is 10.0. The zero-order valence-corrected chi connectivity index (χ0v) is 20.4. The molecule has 0 radical (unpaired) electrons. The summed E-state index contributed by atoms with van der Waals surface area (Å²) in [7, 11) is 0. The molecule has 7 heteroatoms. The highest BCUT2D eigenvalue weighted by Crippen LogP contribution is 2.32. The molecule has 2 fully saturated rings. The normalized spacial score (nSPS) is 18.9. The first-order valence-corrected chi connectivity index (χ1v) is 12.4. The topological polar surface area (TPSA) is 84.0 Å². The first-order valence-electron chi connectivity index (χ1n) is 12.4. The van der Waals surface area contributed by atoms with Crippen LogP contribution in [0.15, 0.2) is 48.5 Å². The summed E-state index contributed by atoms with van der Waals surface area (Å²) in [5.74, 6) is -1.41. The third-order valence-corrected chi connectivity index (χ3v) is 6.85. The number of benzene rings is 2. The molecule has 1 saturated carbocycles. The third-order valence-electron chi connectivity index (χ3n) is 6.85. The Labute approximate surface area is 206 Å². The number of hydrogen-bond acceptors (Lipinski definition) is 5. The summed E-state index contributed by atoms with van der Waals surface area (Å²) >= 11 is 0. The Bertz CT molecular complexity index is 1090. The molecule has 1 aliphatic carbocycles. The number of carbonyl (C=O) groups is 4. The fourth-order valence-corrected chi connectivity index (χ4v) is 5.01. The first-order chi connectivity index (χ1) is 16.9. The molecule has 2 aliphatic rings. The van der Waals surface area contributed by atoms with E-state index in [1.54, 1.807) is 48.2 Å². The predicted molar refractivity (Wildman–Crippen MR) is 132 cm³/mol. The lowest BCUT2D eigenvalue weighted by Crippen LogP contribution is -2.50. The van der Waals surface area contributed by atoms with Crippen molar-refractivity contribution in [1.82, 2.24) is 4.90 Å². The van der Waals surface area contributed by atoms with Crippen LogP contribution in [0.25, 0.3) is 0 Å². The number of amides is 3. The summed E-state index contributed by atoms with van der Waals surface area (Å²) < 4.78 is 5.01. The van der Waals surface area contributed by atoms with Crippen molar-refractivity contribution in [2.24, 2.45) is 0 Å². The summed E-state index contributed by atoms with van der Waals surface area (Å²) in [6.45, 7) is 3.95. The maximum Gasteiger partial charge on any atom is 0.338 e. The van der Waals surface area contributed by atoms with E-state index in [9.17, 15) is 19.2 Å². The second kappa shape index (κ2) is 10.8. The molecule has 4 rings (SSSR count). The molecule has 0 aromatic heterocycles. The van der Waals surface area contributed by atoms with Gasteiger partial charge in [-0.25, -0.2) is 9.69 Å². The number of esters is 1. The van der Waals surface area contributed by atoms with Crippen LogP contribution >= 0.6 is 0 Å². The third kappa shape index (κ3) is 5.29. The van der Waals surface area contributed by atoms with E-state index in [4.69, 9.17) is 4.74 Å². The number of aryl methyl sites for hydroxylation is 1. The van der Waals surface area contributed by atoms with Crippen LogP contribution in [0.5, 0.6) is 0 Å². The van der Waals surface area contributed by atoms with E-state index in [2.05, 4.69) is 0 Å². The van der Waals surface area contributed by atoms with Crippen molar-refractivity contribution in [1.29, 1.82) is 0 Å². The molecule has 0 spiro atoms. The highest BCUT2D eigenvalue weighted by molar-refractivity contribution is 6.23. The zero-order chi connectivity index (χ0) is 24.9. The molecule has 2 aromatic rings. The van der Waals surface area contributed by atoms with Crippen molar-refractivity contribution in [2.45, 2.75) is 70.9 Å². The summed E-state index contributed by atoms with van der Waals surface area (Å²) in [6, 6.07) is 12.6. The van der Waals surface area contributed by atoms with E-state index in [0.717, 1.165) is 49.0 Å². The monoisotopic (exact) mass is 476 g/mol. The number of rotatable bonds is 6. The Morgan fingerprint density at radius 1 is 0.914 bits per heavy atom. The predicted octanol–water partition coefficient (Wildman–Crippen LogP) is 4.67. The fourth-order valence-electron chi connectivity index (χ4n) is 5.01. The molecule has 1 saturated heterocycles. The molecule has 3 amide bonds. The van der Waals surface area contributed by atoms with Crippen molar-refractivity contribution in [3.63, 3.8) is 0 Å². The minimum atomic E-state index is -0.843. The Morgan fingerprint density at radius 3 is 2.11 bits per heavy atom. The van der Waals surface area contributed by atoms with Gasteiger partial charge in [0.1, 0.15) is 6.04 Å². The summed E-state index contributed by atoms with van der Waals surface area (Å²) in [5.41, 5.74) is 2.31. The van der Waals surface area contributed by atoms with E-state index in [-0.39, 0.29) is 30.9 Å². The van der Waals surface area contributed by atoms with Crippen LogP contribution in [-0.4, -0.2) is 47.3 Å². The van der Waals surface area contributed by atoms with Gasteiger partial charge in [0, 0.05) is 11.6 Å². The highest BCUT2D eigenvalue weighted by atomic mass is 16.5. The molecule has 1 heterocycles. The highest BCUT2D eigenvalue weighted by Gasteiger charge is 2.46. The average Bonchev–Trinajstić information content (AvgIpc) is 3.01. The van der Waals surface area contributed by atoms with Gasteiger partial charge >= 0.3 is 5.97 Å². The summed E-state index contributed by atoms with van der Waals surface area (Å²) in [4.78, 5) is 55.2. The zero-order valence-electron chi connectivity index (χ0n) is 20.4. The standard InChI is InChI=1S/C28H32N2O5/c1-3-35-28(34)21-14-16-23(17-15-21)30-25(31)18-24(27(30)33)29(22-8-6-4-5-7-9-22)26(32)20-12-10-19(2)11-13-20/h10-17,22,24H,3-9,18H2,1-2H3. The van der Waals surface area contributed by atoms with Gasteiger partial charge in [0.25, 0.3) is 11.8 Å². The number of ether oxygens (including phenoxy) is 1. The SMILES string of the molecule is CCOC(=O)c1ccc(N2C(=O)CC(N(C(=O)c3ccc(C)cc3)C3CCCCCC3)C2=O)cc1. The van der Waals surface area contributed by atoms with E-state index in [0.29, 0.717) is 16.8 Å². The van der Waals surface area contributed by atoms with E-state index < -0.39 is 17.9 Å². The Hall–Kier alpha value is -3.48. The van der Waals surface area contributed by atoms with Crippen LogP contribution in [0.4, 0.5) is 5.69 Å². The maximum absolute atomic E-state index is 13.7. The minimum absolute atomic E-state index is 0.0490. The Kier molecular flexibility index (Phi) is 7.63. The molecule has 0 bridgehead atoms. The lowest BCUT2D eigenvalue weighted by Gasteiger charge is -2.35. The number of anilines is 1. The van der Waals surface area contributed by atoms with Crippen LogP contribution < -0.4 is 4.90 Å². The fraction of sp³-hybridized carbons (Fsp3) is 0.429. The molecular formula is C28H32N2O5. The molecule has 1 aliphatic heterocycles. The van der Waals surface area contributed by atoms with Gasteiger partial charge in [0.15, 0.2) is 0 Å². The van der Waals surface area contributed by atoms with Gasteiger partial charge in [-0.1, -0.05) is 43.4 Å². The van der Waals surface area contributed by atoms with Crippen molar-refractivity contribution < 1.29 is 23.9 Å². The van der Waals surface area contributed by atoms with Gasteiger partial charge in [-0.3, -0.25) is 14.4 Å². The summed E-state index contributed by atoms with van der Waals surface area (Å²) in [5, 5.41) is 0. The summed E-state index contributed by atoms with van der Waals surface area (Å²) in [6.07, 6.45) is 5.81. The molecule has 35 heavy (non-hydrogen) atoms. The van der Waals surface area contributed by atoms with Crippen molar-refractivity contribution in [2.75, 3.05) is 11.5 Å². The van der Waals surface area contributed by atoms with E-state index in [1.165, 1.54) is 0 Å². The Balaban J connectivity index is 1.63. The molecule has 184 valence electrons. The Morgan fingerprint density at radius 2 is 1.51 bits per heavy atom. The van der Waals surface area contributed by atoms with Crippen molar-refractivity contribution in [3.8, 4) is 0 Å². The molecular weight excluding hydrogens is 444 g/mol. The largest absolute Gasteiger partial charge is 0.462 e. The van der Waals surface area contributed by atoms with Crippen LogP contribution in [-0.2, 0) is 14.3 Å². The molecule has 7 nitrogen and oxygen atoms in total. The molecule has 1 unspecified atom stereocenters. The van der Waals surface area contributed by atoms with Gasteiger partial charge in [-0.2, -0.15) is 0 Å². The van der Waals surface area contributed by atoms with E-state index >= 15 is 0 Å². The van der Waals surface area contributed by atoms with Crippen molar-refractivity contribution in [3.05, 3.63) is 65.2 Å². The van der Waals surface area contributed by atoms with Gasteiger partial charge in [0.05, 0.1) is 24.3 Å². The average molecular weight is 477 g/mol. The quantitative estimate of drug-likeness (QED) is 0.344. The number of nitrogens with zero attached hydrogens (tertiary/aromatic N) is 2. The van der Waals surface area contributed by atoms with Crippen LogP contribution in [0, 0.1) is 6.92 Å². The van der Waals surface area contributed by atoms with Crippen LogP contribution in [0.1, 0.15) is 78.1 Å².